The van der Waals surface area contributed by atoms with Crippen LogP contribution in [0.4, 0.5) is 0 Å². The van der Waals surface area contributed by atoms with Gasteiger partial charge in [0.05, 0.1) is 11.8 Å². The van der Waals surface area contributed by atoms with Gasteiger partial charge in [0.2, 0.25) is 5.91 Å². The van der Waals surface area contributed by atoms with E-state index >= 15 is 0 Å². The highest BCUT2D eigenvalue weighted by atomic mass is 35.5. The highest BCUT2D eigenvalue weighted by molar-refractivity contribution is 7.99. The predicted molar refractivity (Wildman–Crippen MR) is 78.3 cm³/mol. The molecule has 0 radical (unpaired) electrons. The summed E-state index contributed by atoms with van der Waals surface area (Å²) in [5, 5.41) is 17.0. The molecule has 0 saturated heterocycles. The van der Waals surface area contributed by atoms with Crippen LogP contribution in [-0.2, 0) is 10.5 Å². The first-order valence-corrected chi connectivity index (χ1v) is 7.54. The largest absolute Gasteiger partial charge is 0.345 e. The minimum atomic E-state index is -0.262. The molecule has 6 nitrogen and oxygen atoms in total. The second kappa shape index (κ2) is 7.25. The first-order chi connectivity index (χ1) is 9.66. The summed E-state index contributed by atoms with van der Waals surface area (Å²) in [6.45, 7) is 1.81. The fourth-order valence-corrected chi connectivity index (χ4v) is 2.69. The van der Waals surface area contributed by atoms with Gasteiger partial charge in [0, 0.05) is 10.8 Å². The maximum atomic E-state index is 11.8. The molecule has 0 spiro atoms. The molecule has 0 aliphatic carbocycles. The van der Waals surface area contributed by atoms with E-state index in [-0.39, 0.29) is 11.9 Å². The summed E-state index contributed by atoms with van der Waals surface area (Å²) >= 11 is 7.56. The molecule has 1 aromatic heterocycles. The van der Waals surface area contributed by atoms with Crippen LogP contribution in [0.3, 0.4) is 0 Å². The molecule has 106 valence electrons. The quantitative estimate of drug-likeness (QED) is 0.852. The van der Waals surface area contributed by atoms with E-state index in [2.05, 4.69) is 25.9 Å². The minimum Gasteiger partial charge on any atom is -0.345 e. The van der Waals surface area contributed by atoms with Crippen LogP contribution in [0.15, 0.2) is 24.3 Å². The normalized spacial score (nSPS) is 12.1. The Kier molecular flexibility index (Phi) is 5.37. The van der Waals surface area contributed by atoms with E-state index in [0.29, 0.717) is 17.3 Å². The van der Waals surface area contributed by atoms with Gasteiger partial charge in [-0.15, -0.1) is 22.0 Å². The predicted octanol–water partition coefficient (Wildman–Crippen LogP) is 1.96. The average Bonchev–Trinajstić information content (AvgIpc) is 2.95. The van der Waals surface area contributed by atoms with E-state index in [1.54, 1.807) is 0 Å². The molecule has 1 aromatic carbocycles. The summed E-state index contributed by atoms with van der Waals surface area (Å²) in [5.74, 6) is 1.45. The Morgan fingerprint density at radius 1 is 1.50 bits per heavy atom. The Morgan fingerprint density at radius 3 is 3.00 bits per heavy atom. The van der Waals surface area contributed by atoms with Gasteiger partial charge < -0.3 is 5.32 Å². The van der Waals surface area contributed by atoms with E-state index in [0.717, 1.165) is 10.6 Å². The number of hydrogen-bond acceptors (Lipinski definition) is 5. The summed E-state index contributed by atoms with van der Waals surface area (Å²) in [5.41, 5.74) is 1.03. The molecule has 0 aliphatic rings. The maximum Gasteiger partial charge on any atom is 0.230 e. The van der Waals surface area contributed by atoms with Crippen molar-refractivity contribution in [2.45, 2.75) is 18.7 Å². The van der Waals surface area contributed by atoms with E-state index < -0.39 is 0 Å². The van der Waals surface area contributed by atoms with Crippen molar-refractivity contribution in [3.63, 3.8) is 0 Å². The smallest absolute Gasteiger partial charge is 0.230 e. The molecular formula is C12H14ClN5OS. The lowest BCUT2D eigenvalue weighted by molar-refractivity contribution is -0.119. The zero-order valence-electron chi connectivity index (χ0n) is 10.8. The number of rotatable bonds is 6. The fourth-order valence-electron chi connectivity index (χ4n) is 1.57. The first kappa shape index (κ1) is 14.8. The van der Waals surface area contributed by atoms with Crippen LogP contribution < -0.4 is 5.32 Å². The standard InChI is InChI=1S/C12H14ClN5OS/c1-8(12-15-17-18-16-12)14-11(19)7-20-6-9-4-2-3-5-10(9)13/h2-5,8H,6-7H2,1H3,(H,14,19)(H,15,16,17,18). The minimum absolute atomic E-state index is 0.0700. The topological polar surface area (TPSA) is 83.6 Å². The highest BCUT2D eigenvalue weighted by Crippen LogP contribution is 2.20. The van der Waals surface area contributed by atoms with E-state index in [4.69, 9.17) is 11.6 Å². The molecule has 1 amide bonds. The van der Waals surface area contributed by atoms with Crippen LogP contribution >= 0.6 is 23.4 Å². The van der Waals surface area contributed by atoms with E-state index in [1.807, 2.05) is 31.2 Å². The molecule has 0 aliphatic heterocycles. The van der Waals surface area contributed by atoms with Crippen molar-refractivity contribution in [1.29, 1.82) is 0 Å². The average molecular weight is 312 g/mol. The van der Waals surface area contributed by atoms with Crippen LogP contribution in [0.5, 0.6) is 0 Å². The number of benzene rings is 1. The maximum absolute atomic E-state index is 11.8. The molecular weight excluding hydrogens is 298 g/mol. The summed E-state index contributed by atoms with van der Waals surface area (Å²) < 4.78 is 0. The van der Waals surface area contributed by atoms with Gasteiger partial charge >= 0.3 is 0 Å². The van der Waals surface area contributed by atoms with Gasteiger partial charge in [-0.05, 0) is 18.6 Å². The summed E-state index contributed by atoms with van der Waals surface area (Å²) in [6, 6.07) is 7.35. The van der Waals surface area contributed by atoms with Crippen molar-refractivity contribution >= 4 is 29.3 Å². The molecule has 1 atom stereocenters. The van der Waals surface area contributed by atoms with Gasteiger partial charge in [-0.25, -0.2) is 0 Å². The number of aromatic nitrogens is 4. The van der Waals surface area contributed by atoms with Crippen LogP contribution in [0.25, 0.3) is 0 Å². The number of halogens is 1. The Hall–Kier alpha value is -1.60. The van der Waals surface area contributed by atoms with Crippen LogP contribution in [0, 0.1) is 0 Å². The number of aromatic amines is 1. The van der Waals surface area contributed by atoms with Gasteiger partial charge in [0.1, 0.15) is 0 Å². The third-order valence-electron chi connectivity index (χ3n) is 2.58. The van der Waals surface area contributed by atoms with Gasteiger partial charge in [-0.1, -0.05) is 35.0 Å². The lowest BCUT2D eigenvalue weighted by atomic mass is 10.2. The van der Waals surface area contributed by atoms with Crippen molar-refractivity contribution in [2.75, 3.05) is 5.75 Å². The molecule has 1 unspecified atom stereocenters. The van der Waals surface area contributed by atoms with Crippen molar-refractivity contribution in [3.8, 4) is 0 Å². The van der Waals surface area contributed by atoms with Crippen molar-refractivity contribution in [1.82, 2.24) is 25.9 Å². The van der Waals surface area contributed by atoms with Gasteiger partial charge in [0.15, 0.2) is 5.82 Å². The van der Waals surface area contributed by atoms with Crippen molar-refractivity contribution in [3.05, 3.63) is 40.7 Å². The third-order valence-corrected chi connectivity index (χ3v) is 3.93. The van der Waals surface area contributed by atoms with Crippen LogP contribution in [-0.4, -0.2) is 32.3 Å². The monoisotopic (exact) mass is 311 g/mol. The number of carbonyl (C=O) groups excluding carboxylic acids is 1. The number of tetrazole rings is 1. The number of H-pyrrole nitrogens is 1. The summed E-state index contributed by atoms with van der Waals surface area (Å²) in [6.07, 6.45) is 0. The number of carbonyl (C=O) groups is 1. The number of nitrogens with one attached hydrogen (secondary N) is 2. The van der Waals surface area contributed by atoms with Crippen molar-refractivity contribution in [2.24, 2.45) is 0 Å². The molecule has 2 rings (SSSR count). The Labute approximate surface area is 125 Å². The van der Waals surface area contributed by atoms with Gasteiger partial charge in [-0.2, -0.15) is 5.21 Å². The second-order valence-corrected chi connectivity index (χ2v) is 5.54. The number of nitrogens with zero attached hydrogens (tertiary/aromatic N) is 3. The zero-order chi connectivity index (χ0) is 14.4. The third kappa shape index (κ3) is 4.21. The molecule has 8 heteroatoms. The first-order valence-electron chi connectivity index (χ1n) is 6.00. The lowest BCUT2D eigenvalue weighted by Gasteiger charge is -2.09. The zero-order valence-corrected chi connectivity index (χ0v) is 12.4. The summed E-state index contributed by atoms with van der Waals surface area (Å²) in [4.78, 5) is 11.8. The van der Waals surface area contributed by atoms with Crippen LogP contribution in [0.1, 0.15) is 24.4 Å². The Bertz CT molecular complexity index is 563. The fraction of sp³-hybridized carbons (Fsp3) is 0.333. The van der Waals surface area contributed by atoms with Crippen molar-refractivity contribution < 1.29 is 4.79 Å². The lowest BCUT2D eigenvalue weighted by Crippen LogP contribution is -2.28. The molecule has 0 bridgehead atoms. The number of amides is 1. The molecule has 0 saturated carbocycles. The van der Waals surface area contributed by atoms with Gasteiger partial charge in [0.25, 0.3) is 0 Å². The van der Waals surface area contributed by atoms with Crippen LogP contribution in [0.2, 0.25) is 5.02 Å². The van der Waals surface area contributed by atoms with E-state index in [1.165, 1.54) is 11.8 Å². The molecule has 2 aromatic rings. The molecule has 20 heavy (non-hydrogen) atoms. The van der Waals surface area contributed by atoms with Gasteiger partial charge in [-0.3, -0.25) is 4.79 Å². The molecule has 1 heterocycles. The Morgan fingerprint density at radius 2 is 2.30 bits per heavy atom. The number of thioether (sulfide) groups is 1. The summed E-state index contributed by atoms with van der Waals surface area (Å²) in [7, 11) is 0. The highest BCUT2D eigenvalue weighted by Gasteiger charge is 2.13. The van der Waals surface area contributed by atoms with E-state index in [9.17, 15) is 4.79 Å². The molecule has 2 N–H and O–H groups in total. The molecule has 0 fully saturated rings. The SMILES string of the molecule is CC(NC(=O)CSCc1ccccc1Cl)c1nn[nH]n1. The second-order valence-electron chi connectivity index (χ2n) is 4.14. The number of hydrogen-bond donors (Lipinski definition) is 2. The Balaban J connectivity index is 1.74.